The van der Waals surface area contributed by atoms with Gasteiger partial charge in [-0.05, 0) is 25.3 Å². The maximum atomic E-state index is 12.1. The van der Waals surface area contributed by atoms with Crippen molar-refractivity contribution in [1.82, 2.24) is 0 Å². The fourth-order valence-corrected chi connectivity index (χ4v) is 2.41. The number of nitro benzene ring substituents is 1. The fourth-order valence-electron chi connectivity index (χ4n) is 2.41. The minimum absolute atomic E-state index is 0.0162. The molecule has 1 amide bonds. The van der Waals surface area contributed by atoms with Gasteiger partial charge in [-0.25, -0.2) is 0 Å². The number of ether oxygens (including phenoxy) is 1. The van der Waals surface area contributed by atoms with Crippen molar-refractivity contribution < 1.29 is 14.5 Å². The van der Waals surface area contributed by atoms with Gasteiger partial charge in [0.1, 0.15) is 6.10 Å². The third kappa shape index (κ3) is 3.56. The molecule has 1 aromatic carbocycles. The summed E-state index contributed by atoms with van der Waals surface area (Å²) in [6.07, 6.45) is 1.31. The molecule has 2 rings (SSSR count). The van der Waals surface area contributed by atoms with Crippen LogP contribution in [0.5, 0.6) is 0 Å². The van der Waals surface area contributed by atoms with E-state index in [9.17, 15) is 14.9 Å². The van der Waals surface area contributed by atoms with Gasteiger partial charge >= 0.3 is 0 Å². The highest BCUT2D eigenvalue weighted by Gasteiger charge is 2.30. The third-order valence-electron chi connectivity index (χ3n) is 3.59. The number of hydrogen-bond acceptors (Lipinski definition) is 5. The summed E-state index contributed by atoms with van der Waals surface area (Å²) in [7, 11) is 0. The van der Waals surface area contributed by atoms with Crippen molar-refractivity contribution in [2.45, 2.75) is 38.4 Å². The third-order valence-corrected chi connectivity index (χ3v) is 3.59. The van der Waals surface area contributed by atoms with E-state index in [1.165, 1.54) is 6.07 Å². The molecule has 3 N–H and O–H groups in total. The first-order chi connectivity index (χ1) is 10.0. The van der Waals surface area contributed by atoms with Gasteiger partial charge in [0.2, 0.25) is 0 Å². The number of nitro groups is 1. The van der Waals surface area contributed by atoms with Gasteiger partial charge in [-0.3, -0.25) is 14.9 Å². The quantitative estimate of drug-likeness (QED) is 0.633. The summed E-state index contributed by atoms with van der Waals surface area (Å²) in [6, 6.07) is 4.71. The lowest BCUT2D eigenvalue weighted by Gasteiger charge is -2.13. The summed E-state index contributed by atoms with van der Waals surface area (Å²) >= 11 is 0. The van der Waals surface area contributed by atoms with E-state index in [0.29, 0.717) is 30.6 Å². The molecular formula is C14H19N3O4. The highest BCUT2D eigenvalue weighted by atomic mass is 16.6. The molecule has 7 nitrogen and oxygen atoms in total. The minimum atomic E-state index is -0.538. The number of amides is 1. The van der Waals surface area contributed by atoms with E-state index in [1.807, 2.05) is 6.92 Å². The molecule has 1 aliphatic rings. The van der Waals surface area contributed by atoms with Crippen molar-refractivity contribution >= 4 is 17.3 Å². The first-order valence-electron chi connectivity index (χ1n) is 6.98. The normalized spacial score (nSPS) is 21.2. The molecule has 21 heavy (non-hydrogen) atoms. The first-order valence-corrected chi connectivity index (χ1v) is 6.98. The minimum Gasteiger partial charge on any atom is -0.364 e. The highest BCUT2D eigenvalue weighted by molar-refractivity contribution is 5.94. The molecular weight excluding hydrogens is 274 g/mol. The number of hydrogen-bond donors (Lipinski definition) is 2. The van der Waals surface area contributed by atoms with Crippen LogP contribution >= 0.6 is 0 Å². The van der Waals surface area contributed by atoms with E-state index in [4.69, 9.17) is 10.5 Å². The highest BCUT2D eigenvalue weighted by Crippen LogP contribution is 2.25. The number of carbonyl (C=O) groups is 1. The predicted octanol–water partition coefficient (Wildman–Crippen LogP) is 1.60. The molecule has 0 bridgehead atoms. The Morgan fingerprint density at radius 3 is 2.86 bits per heavy atom. The van der Waals surface area contributed by atoms with Gasteiger partial charge in [-0.2, -0.15) is 0 Å². The van der Waals surface area contributed by atoms with Crippen LogP contribution in [-0.4, -0.2) is 29.6 Å². The predicted molar refractivity (Wildman–Crippen MR) is 78.1 cm³/mol. The molecule has 0 aliphatic carbocycles. The first kappa shape index (κ1) is 15.4. The molecule has 1 saturated heterocycles. The van der Waals surface area contributed by atoms with Crippen LogP contribution in [0.15, 0.2) is 18.2 Å². The largest absolute Gasteiger partial charge is 0.364 e. The average Bonchev–Trinajstić information content (AvgIpc) is 2.96. The van der Waals surface area contributed by atoms with Gasteiger partial charge in [0.25, 0.3) is 11.6 Å². The number of nitrogens with zero attached hydrogens (tertiary/aromatic N) is 1. The zero-order valence-electron chi connectivity index (χ0n) is 11.9. The molecule has 1 aliphatic heterocycles. The molecule has 1 heterocycles. The number of rotatable bonds is 5. The second-order valence-electron chi connectivity index (χ2n) is 5.00. The van der Waals surface area contributed by atoms with Gasteiger partial charge in [0.15, 0.2) is 0 Å². The fraction of sp³-hybridized carbons (Fsp3) is 0.500. The Labute approximate surface area is 122 Å². The van der Waals surface area contributed by atoms with E-state index in [-0.39, 0.29) is 17.7 Å². The van der Waals surface area contributed by atoms with Gasteiger partial charge in [0.05, 0.1) is 11.0 Å². The number of nitrogens with one attached hydrogen (secondary N) is 1. The molecule has 7 heteroatoms. The summed E-state index contributed by atoms with van der Waals surface area (Å²) in [5.41, 5.74) is 6.56. The number of carbonyl (C=O) groups excluding carboxylic acids is 1. The summed E-state index contributed by atoms with van der Waals surface area (Å²) < 4.78 is 5.50. The van der Waals surface area contributed by atoms with Crippen LogP contribution < -0.4 is 11.1 Å². The molecule has 2 atom stereocenters. The number of nitrogens with two attached hydrogens (primary N) is 1. The van der Waals surface area contributed by atoms with E-state index < -0.39 is 11.0 Å². The molecule has 0 spiro atoms. The standard InChI is InChI=1S/C14H19N3O4/c1-2-9-3-4-10(7-12(9)17(19)20)16-14(18)13-6-5-11(8-15)21-13/h3-4,7,11,13H,2,5-6,8,15H2,1H3,(H,16,18). The molecule has 2 unspecified atom stereocenters. The van der Waals surface area contributed by atoms with Crippen LogP contribution in [0, 0.1) is 10.1 Å². The van der Waals surface area contributed by atoms with Crippen LogP contribution in [0.4, 0.5) is 11.4 Å². The molecule has 0 saturated carbocycles. The van der Waals surface area contributed by atoms with E-state index in [1.54, 1.807) is 12.1 Å². The molecule has 1 aromatic rings. The van der Waals surface area contributed by atoms with Crippen LogP contribution in [0.3, 0.4) is 0 Å². The Morgan fingerprint density at radius 1 is 1.52 bits per heavy atom. The number of anilines is 1. The second-order valence-corrected chi connectivity index (χ2v) is 5.00. The summed E-state index contributed by atoms with van der Waals surface area (Å²) in [5, 5.41) is 13.7. The van der Waals surface area contributed by atoms with E-state index in [0.717, 1.165) is 6.42 Å². The Hall–Kier alpha value is -1.99. The molecule has 114 valence electrons. The summed E-state index contributed by atoms with van der Waals surface area (Å²) in [6.45, 7) is 2.24. The van der Waals surface area contributed by atoms with E-state index in [2.05, 4.69) is 5.32 Å². The van der Waals surface area contributed by atoms with Crippen molar-refractivity contribution in [3.63, 3.8) is 0 Å². The topological polar surface area (TPSA) is 107 Å². The second kappa shape index (κ2) is 6.64. The van der Waals surface area contributed by atoms with Crippen molar-refractivity contribution in [2.75, 3.05) is 11.9 Å². The smallest absolute Gasteiger partial charge is 0.274 e. The zero-order chi connectivity index (χ0) is 15.4. The molecule has 1 fully saturated rings. The lowest BCUT2D eigenvalue weighted by molar-refractivity contribution is -0.385. The van der Waals surface area contributed by atoms with Crippen molar-refractivity contribution in [1.29, 1.82) is 0 Å². The van der Waals surface area contributed by atoms with Crippen LogP contribution in [0.1, 0.15) is 25.3 Å². The Morgan fingerprint density at radius 2 is 2.29 bits per heavy atom. The van der Waals surface area contributed by atoms with Crippen LogP contribution in [-0.2, 0) is 16.0 Å². The lowest BCUT2D eigenvalue weighted by Crippen LogP contribution is -2.29. The van der Waals surface area contributed by atoms with Crippen molar-refractivity contribution in [3.05, 3.63) is 33.9 Å². The van der Waals surface area contributed by atoms with Gasteiger partial charge in [0, 0.05) is 23.9 Å². The Kier molecular flexibility index (Phi) is 4.87. The monoisotopic (exact) mass is 293 g/mol. The maximum Gasteiger partial charge on any atom is 0.274 e. The van der Waals surface area contributed by atoms with Crippen LogP contribution in [0.25, 0.3) is 0 Å². The lowest BCUT2D eigenvalue weighted by atomic mass is 10.1. The molecule has 0 radical (unpaired) electrons. The summed E-state index contributed by atoms with van der Waals surface area (Å²) in [4.78, 5) is 22.6. The van der Waals surface area contributed by atoms with Crippen molar-refractivity contribution in [3.8, 4) is 0 Å². The Bertz CT molecular complexity index is 547. The number of benzene rings is 1. The van der Waals surface area contributed by atoms with Crippen molar-refractivity contribution in [2.24, 2.45) is 5.73 Å². The van der Waals surface area contributed by atoms with Gasteiger partial charge in [-0.15, -0.1) is 0 Å². The van der Waals surface area contributed by atoms with Gasteiger partial charge in [-0.1, -0.05) is 13.0 Å². The average molecular weight is 293 g/mol. The Balaban J connectivity index is 2.07. The molecule has 0 aromatic heterocycles. The maximum absolute atomic E-state index is 12.1. The summed E-state index contributed by atoms with van der Waals surface area (Å²) in [5.74, 6) is -0.288. The van der Waals surface area contributed by atoms with Crippen LogP contribution in [0.2, 0.25) is 0 Å². The van der Waals surface area contributed by atoms with Gasteiger partial charge < -0.3 is 15.8 Å². The van der Waals surface area contributed by atoms with E-state index >= 15 is 0 Å². The number of aryl methyl sites for hydroxylation is 1. The zero-order valence-corrected chi connectivity index (χ0v) is 11.9. The SMILES string of the molecule is CCc1ccc(NC(=O)C2CCC(CN)O2)cc1[N+](=O)[O-].